The molecule has 2 heterocycles. The van der Waals surface area contributed by atoms with Gasteiger partial charge in [-0.3, -0.25) is 14.4 Å². The first kappa shape index (κ1) is 20.1. The molecule has 0 N–H and O–H groups in total. The van der Waals surface area contributed by atoms with E-state index in [9.17, 15) is 9.59 Å². The Balaban J connectivity index is 1.56. The lowest BCUT2D eigenvalue weighted by Gasteiger charge is -2.29. The Labute approximate surface area is 185 Å². The van der Waals surface area contributed by atoms with Gasteiger partial charge in [-0.25, -0.2) is 9.96 Å². The molecule has 0 aromatic heterocycles. The number of hydroxylamine groups is 1. The predicted molar refractivity (Wildman–Crippen MR) is 119 cm³/mol. The van der Waals surface area contributed by atoms with Crippen LogP contribution in [-0.2, 0) is 14.4 Å². The number of hydrogen-bond donors (Lipinski definition) is 0. The van der Waals surface area contributed by atoms with Crippen molar-refractivity contribution in [3.05, 3.63) is 84.4 Å². The summed E-state index contributed by atoms with van der Waals surface area (Å²) in [6.45, 7) is 0. The molecule has 2 fully saturated rings. The van der Waals surface area contributed by atoms with Gasteiger partial charge in [-0.1, -0.05) is 30.3 Å². The molecule has 7 heteroatoms. The van der Waals surface area contributed by atoms with Crippen LogP contribution in [0.3, 0.4) is 0 Å². The van der Waals surface area contributed by atoms with Gasteiger partial charge in [0, 0.05) is 0 Å². The molecule has 2 amide bonds. The SMILES string of the molecule is COc1ccc([C@@H]2[C@H]3C(=O)N(c4ccccc4)C(=O)[C@@H]3ON2c2ccc(OC)cc2)cc1. The van der Waals surface area contributed by atoms with E-state index >= 15 is 0 Å². The van der Waals surface area contributed by atoms with Crippen LogP contribution in [0.4, 0.5) is 11.4 Å². The fraction of sp³-hybridized carbons (Fsp3) is 0.200. The summed E-state index contributed by atoms with van der Waals surface area (Å²) in [4.78, 5) is 34.2. The van der Waals surface area contributed by atoms with Crippen molar-refractivity contribution in [1.82, 2.24) is 0 Å². The van der Waals surface area contributed by atoms with E-state index in [-0.39, 0.29) is 11.8 Å². The van der Waals surface area contributed by atoms with E-state index in [1.807, 2.05) is 54.6 Å². The topological polar surface area (TPSA) is 68.3 Å². The number of anilines is 2. The first-order valence-electron chi connectivity index (χ1n) is 10.3. The molecule has 162 valence electrons. The van der Waals surface area contributed by atoms with Crippen molar-refractivity contribution < 1.29 is 23.9 Å². The van der Waals surface area contributed by atoms with Crippen LogP contribution in [0.1, 0.15) is 11.6 Å². The molecule has 32 heavy (non-hydrogen) atoms. The van der Waals surface area contributed by atoms with Crippen molar-refractivity contribution in [3.63, 3.8) is 0 Å². The van der Waals surface area contributed by atoms with Gasteiger partial charge in [-0.2, -0.15) is 0 Å². The van der Waals surface area contributed by atoms with Crippen LogP contribution in [0.2, 0.25) is 0 Å². The minimum Gasteiger partial charge on any atom is -0.497 e. The lowest BCUT2D eigenvalue weighted by molar-refractivity contribution is -0.126. The fourth-order valence-electron chi connectivity index (χ4n) is 4.34. The summed E-state index contributed by atoms with van der Waals surface area (Å²) in [5, 5.41) is 1.66. The van der Waals surface area contributed by atoms with E-state index in [1.165, 1.54) is 4.90 Å². The summed E-state index contributed by atoms with van der Waals surface area (Å²) in [7, 11) is 3.20. The predicted octanol–water partition coefficient (Wildman–Crippen LogP) is 3.75. The summed E-state index contributed by atoms with van der Waals surface area (Å²) >= 11 is 0. The summed E-state index contributed by atoms with van der Waals surface area (Å²) in [6.07, 6.45) is -0.906. The van der Waals surface area contributed by atoms with Crippen LogP contribution >= 0.6 is 0 Å². The molecule has 2 aliphatic heterocycles. The number of nitrogens with zero attached hydrogens (tertiary/aromatic N) is 2. The number of imide groups is 1. The maximum Gasteiger partial charge on any atom is 0.266 e. The van der Waals surface area contributed by atoms with Crippen molar-refractivity contribution in [3.8, 4) is 11.5 Å². The van der Waals surface area contributed by atoms with E-state index < -0.39 is 18.1 Å². The average Bonchev–Trinajstić information content (AvgIpc) is 3.35. The second-order valence-electron chi connectivity index (χ2n) is 7.64. The first-order chi connectivity index (χ1) is 15.6. The first-order valence-corrected chi connectivity index (χ1v) is 10.3. The van der Waals surface area contributed by atoms with Crippen LogP contribution in [0, 0.1) is 5.92 Å². The number of para-hydroxylation sites is 1. The highest BCUT2D eigenvalue weighted by Gasteiger charge is 2.60. The molecular formula is C25H22N2O5. The Morgan fingerprint density at radius 3 is 1.91 bits per heavy atom. The molecule has 3 aromatic carbocycles. The number of benzene rings is 3. The van der Waals surface area contributed by atoms with E-state index in [4.69, 9.17) is 14.3 Å². The van der Waals surface area contributed by atoms with Gasteiger partial charge in [0.15, 0.2) is 6.10 Å². The van der Waals surface area contributed by atoms with Gasteiger partial charge in [0.25, 0.3) is 5.91 Å². The highest BCUT2D eigenvalue weighted by molar-refractivity contribution is 6.23. The third-order valence-corrected chi connectivity index (χ3v) is 5.91. The monoisotopic (exact) mass is 430 g/mol. The zero-order valence-electron chi connectivity index (χ0n) is 17.7. The van der Waals surface area contributed by atoms with Gasteiger partial charge in [0.1, 0.15) is 17.4 Å². The zero-order valence-corrected chi connectivity index (χ0v) is 17.7. The molecule has 7 nitrogen and oxygen atoms in total. The Kier molecular flexibility index (Phi) is 5.03. The van der Waals surface area contributed by atoms with Crippen LogP contribution in [0.25, 0.3) is 0 Å². The molecule has 0 spiro atoms. The molecule has 0 aliphatic carbocycles. The Hall–Kier alpha value is -3.84. The van der Waals surface area contributed by atoms with Crippen LogP contribution in [0.5, 0.6) is 11.5 Å². The smallest absolute Gasteiger partial charge is 0.266 e. The minimum absolute atomic E-state index is 0.275. The summed E-state index contributed by atoms with van der Waals surface area (Å²) in [5.41, 5.74) is 2.13. The molecule has 3 aromatic rings. The highest BCUT2D eigenvalue weighted by atomic mass is 16.7. The van der Waals surface area contributed by atoms with Crippen molar-refractivity contribution in [2.24, 2.45) is 5.92 Å². The van der Waals surface area contributed by atoms with Gasteiger partial charge in [-0.15, -0.1) is 0 Å². The standard InChI is InChI=1S/C25H22N2O5/c1-30-19-12-8-16(9-13-19)22-21-23(32-27(22)18-10-14-20(31-2)15-11-18)25(29)26(24(21)28)17-6-4-3-5-7-17/h3-15,21-23H,1-2H3/t21-,22-,23-/m1/s1. The number of amides is 2. The molecule has 2 aliphatic rings. The lowest BCUT2D eigenvalue weighted by atomic mass is 9.90. The Morgan fingerprint density at radius 1 is 0.719 bits per heavy atom. The van der Waals surface area contributed by atoms with E-state index in [0.29, 0.717) is 17.2 Å². The number of rotatable bonds is 5. The Morgan fingerprint density at radius 2 is 1.31 bits per heavy atom. The van der Waals surface area contributed by atoms with Gasteiger partial charge in [0.2, 0.25) is 5.91 Å². The molecule has 0 bridgehead atoms. The third-order valence-electron chi connectivity index (χ3n) is 5.91. The van der Waals surface area contributed by atoms with Gasteiger partial charge >= 0.3 is 0 Å². The van der Waals surface area contributed by atoms with E-state index in [0.717, 1.165) is 11.3 Å². The number of carbonyl (C=O) groups is 2. The average molecular weight is 430 g/mol. The van der Waals surface area contributed by atoms with Crippen LogP contribution in [0.15, 0.2) is 78.9 Å². The van der Waals surface area contributed by atoms with Crippen molar-refractivity contribution in [1.29, 1.82) is 0 Å². The number of ether oxygens (including phenoxy) is 2. The van der Waals surface area contributed by atoms with Crippen molar-refractivity contribution >= 4 is 23.2 Å². The van der Waals surface area contributed by atoms with Gasteiger partial charge in [0.05, 0.1) is 31.6 Å². The number of hydrogen-bond acceptors (Lipinski definition) is 6. The van der Waals surface area contributed by atoms with Gasteiger partial charge in [-0.05, 0) is 54.1 Å². The molecule has 0 radical (unpaired) electrons. The van der Waals surface area contributed by atoms with Crippen molar-refractivity contribution in [2.75, 3.05) is 24.2 Å². The normalized spacial score (nSPS) is 22.2. The molecule has 3 atom stereocenters. The van der Waals surface area contributed by atoms with Crippen molar-refractivity contribution in [2.45, 2.75) is 12.1 Å². The Bertz CT molecular complexity index is 1130. The third kappa shape index (κ3) is 3.18. The zero-order chi connectivity index (χ0) is 22.2. The largest absolute Gasteiger partial charge is 0.497 e. The second kappa shape index (κ2) is 8.01. The summed E-state index contributed by atoms with van der Waals surface area (Å²) in [5.74, 6) is 0.0958. The maximum absolute atomic E-state index is 13.5. The quantitative estimate of drug-likeness (QED) is 0.575. The van der Waals surface area contributed by atoms with E-state index in [2.05, 4.69) is 0 Å². The molecule has 2 saturated heterocycles. The second-order valence-corrected chi connectivity index (χ2v) is 7.64. The number of carbonyl (C=O) groups excluding carboxylic acids is 2. The molecule has 0 saturated carbocycles. The molecule has 5 rings (SSSR count). The number of methoxy groups -OCH3 is 2. The summed E-state index contributed by atoms with van der Waals surface area (Å²) < 4.78 is 10.5. The van der Waals surface area contributed by atoms with Crippen LogP contribution < -0.4 is 19.4 Å². The molecule has 0 unspecified atom stereocenters. The van der Waals surface area contributed by atoms with Crippen LogP contribution in [-0.4, -0.2) is 32.1 Å². The minimum atomic E-state index is -0.906. The van der Waals surface area contributed by atoms with Gasteiger partial charge < -0.3 is 9.47 Å². The number of fused-ring (bicyclic) bond motifs is 1. The summed E-state index contributed by atoms with van der Waals surface area (Å²) in [6, 6.07) is 23.3. The van der Waals surface area contributed by atoms with E-state index in [1.54, 1.807) is 43.5 Å². The lowest BCUT2D eigenvalue weighted by Crippen LogP contribution is -2.37. The maximum atomic E-state index is 13.5. The molecular weight excluding hydrogens is 408 g/mol. The fourth-order valence-corrected chi connectivity index (χ4v) is 4.34. The highest BCUT2D eigenvalue weighted by Crippen LogP contribution is 2.47.